The highest BCUT2D eigenvalue weighted by Gasteiger charge is 2.32. The molecule has 1 saturated carbocycles. The van der Waals surface area contributed by atoms with Crippen molar-refractivity contribution in [3.05, 3.63) is 48.0 Å². The number of amides is 3. The van der Waals surface area contributed by atoms with Gasteiger partial charge < -0.3 is 36.0 Å². The van der Waals surface area contributed by atoms with E-state index in [1.807, 2.05) is 37.3 Å². The number of nitrogen functional groups attached to an aromatic ring is 1. The number of ether oxygens (including phenoxy) is 1. The number of rotatable bonds is 14. The number of likely N-dealkylation sites (N-methyl/N-ethyl adjacent to an activating group) is 1. The lowest BCUT2D eigenvalue weighted by molar-refractivity contribution is -0.134. The number of nitrogens with zero attached hydrogens (tertiary/aromatic N) is 2. The molecule has 5 N–H and O–H groups in total. The SMILES string of the molecule is C[C@H](CO)N1C[C@H](C)[C@@H](CN(C)CC2CC2)Oc2ccc(NC(=O)CCCCCC(=O)Nc3ccccc3N)cc2CC1=O. The van der Waals surface area contributed by atoms with Gasteiger partial charge in [-0.1, -0.05) is 25.5 Å². The molecular formula is C34H49N5O5. The van der Waals surface area contributed by atoms with E-state index in [1.165, 1.54) is 12.8 Å². The van der Waals surface area contributed by atoms with Crippen LogP contribution in [0.2, 0.25) is 0 Å². The zero-order chi connectivity index (χ0) is 31.6. The average molecular weight is 608 g/mol. The summed E-state index contributed by atoms with van der Waals surface area (Å²) in [5.74, 6) is 1.18. The lowest BCUT2D eigenvalue weighted by Crippen LogP contribution is -2.47. The number of nitrogens with one attached hydrogen (secondary N) is 2. The van der Waals surface area contributed by atoms with Crippen molar-refractivity contribution < 1.29 is 24.2 Å². The first kappa shape index (κ1) is 33.3. The first-order valence-electron chi connectivity index (χ1n) is 16.0. The number of anilines is 3. The number of benzene rings is 2. The smallest absolute Gasteiger partial charge is 0.227 e. The van der Waals surface area contributed by atoms with E-state index in [0.29, 0.717) is 55.0 Å². The quantitative estimate of drug-likeness (QED) is 0.186. The Kier molecular flexibility index (Phi) is 12.0. The second-order valence-electron chi connectivity index (χ2n) is 12.6. The molecule has 2 aliphatic rings. The van der Waals surface area contributed by atoms with Crippen molar-refractivity contribution in [3.63, 3.8) is 0 Å². The number of carbonyl (C=O) groups excluding carboxylic acids is 3. The summed E-state index contributed by atoms with van der Waals surface area (Å²) < 4.78 is 6.59. The molecule has 10 nitrogen and oxygen atoms in total. The molecule has 1 aliphatic heterocycles. The van der Waals surface area contributed by atoms with Gasteiger partial charge in [-0.05, 0) is 75.9 Å². The largest absolute Gasteiger partial charge is 0.488 e. The number of fused-ring (bicyclic) bond motifs is 1. The maximum Gasteiger partial charge on any atom is 0.227 e. The van der Waals surface area contributed by atoms with E-state index in [9.17, 15) is 19.5 Å². The Morgan fingerprint density at radius 3 is 2.45 bits per heavy atom. The molecule has 0 spiro atoms. The Morgan fingerprint density at radius 1 is 1.07 bits per heavy atom. The van der Waals surface area contributed by atoms with Crippen LogP contribution in [-0.4, -0.2) is 78.1 Å². The fraction of sp³-hybridized carbons (Fsp3) is 0.559. The van der Waals surface area contributed by atoms with E-state index in [2.05, 4.69) is 29.5 Å². The molecule has 2 aromatic rings. The summed E-state index contributed by atoms with van der Waals surface area (Å²) in [7, 11) is 2.12. The van der Waals surface area contributed by atoms with Crippen LogP contribution in [0.5, 0.6) is 5.75 Å². The summed E-state index contributed by atoms with van der Waals surface area (Å²) in [5.41, 5.74) is 8.35. The van der Waals surface area contributed by atoms with E-state index in [4.69, 9.17) is 10.5 Å². The van der Waals surface area contributed by atoms with Crippen LogP contribution in [-0.2, 0) is 20.8 Å². The first-order chi connectivity index (χ1) is 21.1. The van der Waals surface area contributed by atoms with Crippen LogP contribution < -0.4 is 21.1 Å². The molecule has 0 saturated heterocycles. The molecule has 3 atom stereocenters. The van der Waals surface area contributed by atoms with Gasteiger partial charge in [0.15, 0.2) is 0 Å². The molecule has 2 aromatic carbocycles. The Hall–Kier alpha value is -3.63. The number of hydrogen-bond acceptors (Lipinski definition) is 7. The molecule has 1 heterocycles. The predicted octanol–water partition coefficient (Wildman–Crippen LogP) is 4.29. The zero-order valence-electron chi connectivity index (χ0n) is 26.4. The monoisotopic (exact) mass is 607 g/mol. The fourth-order valence-corrected chi connectivity index (χ4v) is 5.64. The molecule has 240 valence electrons. The minimum Gasteiger partial charge on any atom is -0.488 e. The molecule has 0 aromatic heterocycles. The van der Waals surface area contributed by atoms with Crippen molar-refractivity contribution in [2.75, 3.05) is 49.7 Å². The van der Waals surface area contributed by atoms with E-state index in [1.54, 1.807) is 17.0 Å². The minimum atomic E-state index is -0.304. The fourth-order valence-electron chi connectivity index (χ4n) is 5.64. The van der Waals surface area contributed by atoms with Crippen molar-refractivity contribution in [1.82, 2.24) is 9.80 Å². The number of carbonyl (C=O) groups is 3. The van der Waals surface area contributed by atoms with Gasteiger partial charge in [0, 0.05) is 49.6 Å². The van der Waals surface area contributed by atoms with E-state index in [-0.39, 0.29) is 48.8 Å². The normalized spacial score (nSPS) is 19.3. The van der Waals surface area contributed by atoms with Crippen molar-refractivity contribution in [2.45, 2.75) is 77.4 Å². The van der Waals surface area contributed by atoms with Crippen LogP contribution in [0.1, 0.15) is 64.4 Å². The number of aliphatic hydroxyl groups excluding tert-OH is 1. The Balaban J connectivity index is 1.33. The average Bonchev–Trinajstić information content (AvgIpc) is 3.80. The standard InChI is InChI=1S/C34H49N5O5/c1-23-19-39(24(2)22-40)34(43)18-26-17-27(15-16-30(26)44-31(23)21-38(3)20-25-13-14-25)36-32(41)11-5-4-6-12-33(42)37-29-10-8-7-9-28(29)35/h7-10,15-17,23-25,31,40H,4-6,11-14,18-22,35H2,1-3H3,(H,36,41)(H,37,42)/t23-,24+,31+/m0/s1. The Labute approximate surface area is 261 Å². The molecule has 3 amide bonds. The molecule has 1 aliphatic carbocycles. The van der Waals surface area contributed by atoms with Gasteiger partial charge in [-0.15, -0.1) is 0 Å². The number of para-hydroxylation sites is 2. The Bertz CT molecular complexity index is 1280. The number of hydrogen-bond donors (Lipinski definition) is 4. The highest BCUT2D eigenvalue weighted by Crippen LogP contribution is 2.31. The summed E-state index contributed by atoms with van der Waals surface area (Å²) >= 11 is 0. The highest BCUT2D eigenvalue weighted by atomic mass is 16.5. The number of aliphatic hydroxyl groups is 1. The Morgan fingerprint density at radius 2 is 1.77 bits per heavy atom. The molecule has 0 unspecified atom stereocenters. The van der Waals surface area contributed by atoms with Gasteiger partial charge in [0.25, 0.3) is 0 Å². The van der Waals surface area contributed by atoms with Gasteiger partial charge in [0.2, 0.25) is 17.7 Å². The summed E-state index contributed by atoms with van der Waals surface area (Å²) in [6, 6.07) is 12.3. The molecule has 0 radical (unpaired) electrons. The summed E-state index contributed by atoms with van der Waals surface area (Å²) in [4.78, 5) is 42.5. The maximum absolute atomic E-state index is 13.4. The second kappa shape index (κ2) is 15.9. The van der Waals surface area contributed by atoms with Crippen LogP contribution in [0, 0.1) is 11.8 Å². The van der Waals surface area contributed by atoms with Gasteiger partial charge in [0.05, 0.1) is 30.4 Å². The lowest BCUT2D eigenvalue weighted by atomic mass is 10.0. The van der Waals surface area contributed by atoms with Crippen LogP contribution in [0.4, 0.5) is 17.1 Å². The molecular weight excluding hydrogens is 558 g/mol. The van der Waals surface area contributed by atoms with Crippen LogP contribution in [0.3, 0.4) is 0 Å². The molecule has 44 heavy (non-hydrogen) atoms. The van der Waals surface area contributed by atoms with Crippen LogP contribution >= 0.6 is 0 Å². The van der Waals surface area contributed by atoms with E-state index < -0.39 is 0 Å². The molecule has 4 rings (SSSR count). The van der Waals surface area contributed by atoms with Gasteiger partial charge in [-0.3, -0.25) is 14.4 Å². The summed E-state index contributed by atoms with van der Waals surface area (Å²) in [6.45, 7) is 6.14. The zero-order valence-corrected chi connectivity index (χ0v) is 26.4. The third-order valence-electron chi connectivity index (χ3n) is 8.50. The third-order valence-corrected chi connectivity index (χ3v) is 8.50. The molecule has 0 bridgehead atoms. The van der Waals surface area contributed by atoms with Gasteiger partial charge in [-0.2, -0.15) is 0 Å². The topological polar surface area (TPSA) is 137 Å². The maximum atomic E-state index is 13.4. The van der Waals surface area contributed by atoms with Crippen molar-refractivity contribution in [2.24, 2.45) is 11.8 Å². The number of nitrogens with two attached hydrogens (primary N) is 1. The summed E-state index contributed by atoms with van der Waals surface area (Å²) in [5, 5.41) is 15.7. The van der Waals surface area contributed by atoms with Crippen molar-refractivity contribution >= 4 is 34.8 Å². The van der Waals surface area contributed by atoms with Gasteiger partial charge in [-0.25, -0.2) is 0 Å². The van der Waals surface area contributed by atoms with Gasteiger partial charge >= 0.3 is 0 Å². The first-order valence-corrected chi connectivity index (χ1v) is 16.0. The minimum absolute atomic E-state index is 0.0579. The third kappa shape index (κ3) is 9.95. The molecule has 1 fully saturated rings. The molecule has 10 heteroatoms. The van der Waals surface area contributed by atoms with Crippen LogP contribution in [0.15, 0.2) is 42.5 Å². The highest BCUT2D eigenvalue weighted by molar-refractivity contribution is 5.94. The van der Waals surface area contributed by atoms with Crippen LogP contribution in [0.25, 0.3) is 0 Å². The predicted molar refractivity (Wildman–Crippen MR) is 173 cm³/mol. The van der Waals surface area contributed by atoms with E-state index in [0.717, 1.165) is 31.0 Å². The van der Waals surface area contributed by atoms with Gasteiger partial charge in [0.1, 0.15) is 11.9 Å². The van der Waals surface area contributed by atoms with Crippen molar-refractivity contribution in [3.8, 4) is 5.75 Å². The second-order valence-corrected chi connectivity index (χ2v) is 12.6. The summed E-state index contributed by atoms with van der Waals surface area (Å²) in [6.07, 6.45) is 5.29. The van der Waals surface area contributed by atoms with E-state index >= 15 is 0 Å². The van der Waals surface area contributed by atoms with Crippen molar-refractivity contribution in [1.29, 1.82) is 0 Å². The lowest BCUT2D eigenvalue weighted by Gasteiger charge is -2.34. The number of unbranched alkanes of at least 4 members (excludes halogenated alkanes) is 2.